The lowest BCUT2D eigenvalue weighted by Gasteiger charge is -2.49. The zero-order valence-corrected chi connectivity index (χ0v) is 13.3. The number of amides is 1. The number of fused-ring (bicyclic) bond motifs is 3. The Labute approximate surface area is 122 Å². The minimum atomic E-state index is -0.507. The van der Waals surface area contributed by atoms with Gasteiger partial charge in [-0.2, -0.15) is 0 Å². The van der Waals surface area contributed by atoms with E-state index in [1.165, 1.54) is 0 Å². The molecule has 0 aromatic rings. The first-order valence-corrected chi connectivity index (χ1v) is 7.58. The summed E-state index contributed by atoms with van der Waals surface area (Å²) >= 11 is 1.82. The summed E-state index contributed by atoms with van der Waals surface area (Å²) in [5.74, 6) is 0.326. The number of carbonyl (C=O) groups excluding carboxylic acids is 2. The molecule has 2 aliphatic heterocycles. The maximum Gasteiger partial charge on any atom is 0.411 e. The molecule has 4 nitrogen and oxygen atoms in total. The lowest BCUT2D eigenvalue weighted by Crippen LogP contribution is -2.60. The van der Waals surface area contributed by atoms with Gasteiger partial charge in [0.25, 0.3) is 0 Å². The molecule has 3 fully saturated rings. The third-order valence-corrected chi connectivity index (χ3v) is 4.36. The standard InChI is InChI=1S/C13H20INO3/c1-13(2,3)18-12(17)15-9-6-4-8(5-7-9)10(15)11(14)16/h8-10H,4-7H2,1-3H3/t8?,9?,10-/m0/s1. The number of hydrogen-bond acceptors (Lipinski definition) is 3. The highest BCUT2D eigenvalue weighted by molar-refractivity contribution is 14.1. The van der Waals surface area contributed by atoms with E-state index >= 15 is 0 Å². The van der Waals surface area contributed by atoms with Gasteiger partial charge in [0.05, 0.1) is 0 Å². The molecule has 0 aromatic carbocycles. The van der Waals surface area contributed by atoms with Crippen molar-refractivity contribution in [3.63, 3.8) is 0 Å². The molecule has 0 unspecified atom stereocenters. The summed E-state index contributed by atoms with van der Waals surface area (Å²) in [5, 5.41) is 0. The van der Waals surface area contributed by atoms with Gasteiger partial charge in [-0.05, 0) is 52.4 Å². The van der Waals surface area contributed by atoms with Gasteiger partial charge in [-0.25, -0.2) is 4.79 Å². The van der Waals surface area contributed by atoms with Crippen LogP contribution in [0.1, 0.15) is 46.5 Å². The molecule has 1 saturated carbocycles. The molecule has 102 valence electrons. The molecule has 2 saturated heterocycles. The number of hydrogen-bond donors (Lipinski definition) is 0. The van der Waals surface area contributed by atoms with Crippen LogP contribution in [0.25, 0.3) is 0 Å². The SMILES string of the molecule is CC(C)(C)OC(=O)N1C2CCC(CC2)[C@H]1C(=O)I. The summed E-state index contributed by atoms with van der Waals surface area (Å²) in [7, 11) is 0. The van der Waals surface area contributed by atoms with Gasteiger partial charge >= 0.3 is 6.09 Å². The molecule has 1 atom stereocenters. The summed E-state index contributed by atoms with van der Waals surface area (Å²) in [6.45, 7) is 5.57. The fourth-order valence-corrected chi connectivity index (χ4v) is 3.83. The number of nitrogens with zero attached hydrogens (tertiary/aromatic N) is 1. The first-order valence-electron chi connectivity index (χ1n) is 6.50. The van der Waals surface area contributed by atoms with Gasteiger partial charge in [0.2, 0.25) is 3.79 Å². The molecular weight excluding hydrogens is 345 g/mol. The Balaban J connectivity index is 2.18. The molecule has 0 spiro atoms. The molecule has 1 amide bonds. The Kier molecular flexibility index (Phi) is 3.90. The molecular formula is C13H20INO3. The topological polar surface area (TPSA) is 46.6 Å². The van der Waals surface area contributed by atoms with Gasteiger partial charge in [0.1, 0.15) is 11.6 Å². The predicted octanol–water partition coefficient (Wildman–Crippen LogP) is 3.13. The van der Waals surface area contributed by atoms with E-state index in [0.29, 0.717) is 5.92 Å². The van der Waals surface area contributed by atoms with Crippen molar-refractivity contribution in [2.24, 2.45) is 5.92 Å². The zero-order valence-electron chi connectivity index (χ0n) is 11.1. The zero-order chi connectivity index (χ0) is 13.5. The van der Waals surface area contributed by atoms with Gasteiger partial charge in [-0.15, -0.1) is 0 Å². The lowest BCUT2D eigenvalue weighted by molar-refractivity contribution is -0.122. The first-order chi connectivity index (χ1) is 8.29. The lowest BCUT2D eigenvalue weighted by atomic mass is 9.75. The summed E-state index contributed by atoms with van der Waals surface area (Å²) in [5.41, 5.74) is -0.507. The predicted molar refractivity (Wildman–Crippen MR) is 76.6 cm³/mol. The molecule has 0 radical (unpaired) electrons. The van der Waals surface area contributed by atoms with Crippen LogP contribution in [-0.4, -0.2) is 32.5 Å². The van der Waals surface area contributed by atoms with Crippen LogP contribution in [0.15, 0.2) is 0 Å². The van der Waals surface area contributed by atoms with Crippen LogP contribution in [0.5, 0.6) is 0 Å². The fraction of sp³-hybridized carbons (Fsp3) is 0.846. The van der Waals surface area contributed by atoms with Crippen molar-refractivity contribution >= 4 is 32.5 Å². The van der Waals surface area contributed by atoms with Gasteiger partial charge in [-0.1, -0.05) is 0 Å². The summed E-state index contributed by atoms with van der Waals surface area (Å²) in [6, 6.07) is -0.0819. The van der Waals surface area contributed by atoms with Gasteiger partial charge in [-0.3, -0.25) is 9.69 Å². The molecule has 0 aromatic heterocycles. The Bertz CT molecular complexity index is 356. The first kappa shape index (κ1) is 14.1. The number of rotatable bonds is 1. The highest BCUT2D eigenvalue weighted by atomic mass is 127. The molecule has 0 N–H and O–H groups in total. The fourth-order valence-electron chi connectivity index (χ4n) is 3.02. The second-order valence-corrected chi connectivity index (χ2v) is 7.27. The maximum atomic E-state index is 12.3. The number of ether oxygens (including phenoxy) is 1. The van der Waals surface area contributed by atoms with E-state index in [9.17, 15) is 9.59 Å². The number of halogens is 1. The van der Waals surface area contributed by atoms with Crippen molar-refractivity contribution in [2.45, 2.75) is 64.1 Å². The second kappa shape index (κ2) is 4.98. The van der Waals surface area contributed by atoms with Crippen molar-refractivity contribution in [1.82, 2.24) is 4.90 Å². The molecule has 2 heterocycles. The average molecular weight is 365 g/mol. The normalized spacial score (nSPS) is 31.3. The van der Waals surface area contributed by atoms with Crippen LogP contribution >= 0.6 is 22.6 Å². The molecule has 3 rings (SSSR count). The van der Waals surface area contributed by atoms with Crippen molar-refractivity contribution < 1.29 is 14.3 Å². The highest BCUT2D eigenvalue weighted by Gasteiger charge is 2.48. The Morgan fingerprint density at radius 3 is 2.17 bits per heavy atom. The molecule has 3 aliphatic rings. The Morgan fingerprint density at radius 2 is 1.72 bits per heavy atom. The third-order valence-electron chi connectivity index (χ3n) is 3.72. The van der Waals surface area contributed by atoms with E-state index < -0.39 is 5.60 Å². The number of piperidine rings is 2. The Hall–Kier alpha value is -0.330. The van der Waals surface area contributed by atoms with Gasteiger partial charge < -0.3 is 4.74 Å². The molecule has 2 bridgehead atoms. The van der Waals surface area contributed by atoms with Crippen LogP contribution in [0.3, 0.4) is 0 Å². The largest absolute Gasteiger partial charge is 0.444 e. The van der Waals surface area contributed by atoms with Crippen LogP contribution in [-0.2, 0) is 9.53 Å². The van der Waals surface area contributed by atoms with E-state index in [0.717, 1.165) is 25.7 Å². The summed E-state index contributed by atoms with van der Waals surface area (Å²) in [6.07, 6.45) is 3.80. The quantitative estimate of drug-likeness (QED) is 0.530. The third kappa shape index (κ3) is 2.81. The second-order valence-electron chi connectivity index (χ2n) is 6.21. The van der Waals surface area contributed by atoms with E-state index in [1.807, 2.05) is 43.4 Å². The van der Waals surface area contributed by atoms with Crippen LogP contribution in [0.2, 0.25) is 0 Å². The smallest absolute Gasteiger partial charge is 0.411 e. The van der Waals surface area contributed by atoms with Crippen LogP contribution in [0, 0.1) is 5.92 Å². The van der Waals surface area contributed by atoms with Gasteiger partial charge in [0.15, 0.2) is 0 Å². The van der Waals surface area contributed by atoms with E-state index in [1.54, 1.807) is 4.90 Å². The van der Waals surface area contributed by atoms with Crippen molar-refractivity contribution in [2.75, 3.05) is 0 Å². The summed E-state index contributed by atoms with van der Waals surface area (Å²) < 4.78 is 5.50. The van der Waals surface area contributed by atoms with E-state index in [-0.39, 0.29) is 22.0 Å². The monoisotopic (exact) mass is 365 g/mol. The molecule has 1 aliphatic carbocycles. The number of carbonyl (C=O) groups is 2. The van der Waals surface area contributed by atoms with Crippen molar-refractivity contribution in [3.05, 3.63) is 0 Å². The molecule has 18 heavy (non-hydrogen) atoms. The minimum absolute atomic E-state index is 0.0628. The van der Waals surface area contributed by atoms with Crippen molar-refractivity contribution in [3.8, 4) is 0 Å². The van der Waals surface area contributed by atoms with Crippen LogP contribution in [0.4, 0.5) is 4.79 Å². The minimum Gasteiger partial charge on any atom is -0.444 e. The maximum absolute atomic E-state index is 12.3. The summed E-state index contributed by atoms with van der Waals surface area (Å²) in [4.78, 5) is 25.8. The Morgan fingerprint density at radius 1 is 1.17 bits per heavy atom. The average Bonchev–Trinajstić information content (AvgIpc) is 2.26. The molecule has 5 heteroatoms. The highest BCUT2D eigenvalue weighted by Crippen LogP contribution is 2.41. The van der Waals surface area contributed by atoms with E-state index in [4.69, 9.17) is 4.74 Å². The van der Waals surface area contributed by atoms with Crippen LogP contribution < -0.4 is 0 Å². The van der Waals surface area contributed by atoms with Gasteiger partial charge in [0, 0.05) is 28.6 Å². The van der Waals surface area contributed by atoms with Crippen molar-refractivity contribution in [1.29, 1.82) is 0 Å². The van der Waals surface area contributed by atoms with E-state index in [2.05, 4.69) is 0 Å².